The molecule has 0 aromatic carbocycles. The first-order chi connectivity index (χ1) is 6.15. The van der Waals surface area contributed by atoms with Gasteiger partial charge in [0.2, 0.25) is 17.7 Å². The predicted molar refractivity (Wildman–Crippen MR) is 44.1 cm³/mol. The molecular formula is C8H12N2O3. The number of amides is 3. The monoisotopic (exact) mass is 184 g/mol. The molecule has 1 fully saturated rings. The third kappa shape index (κ3) is 2.27. The summed E-state index contributed by atoms with van der Waals surface area (Å²) in [6.07, 6.45) is 1.43. The number of hydrogen-bond acceptors (Lipinski definition) is 3. The van der Waals surface area contributed by atoms with Gasteiger partial charge in [0.1, 0.15) is 0 Å². The Morgan fingerprint density at radius 2 is 1.92 bits per heavy atom. The molecular weight excluding hydrogens is 172 g/mol. The minimum Gasteiger partial charge on any atom is -0.273 e. The SMILES string of the molecule is CCCC(=O)NN1C(=O)CCC1=O. The lowest BCUT2D eigenvalue weighted by atomic mass is 10.3. The van der Waals surface area contributed by atoms with Gasteiger partial charge in [-0.3, -0.25) is 19.8 Å². The Bertz CT molecular complexity index is 234. The Kier molecular flexibility index (Phi) is 3.00. The summed E-state index contributed by atoms with van der Waals surface area (Å²) in [6.45, 7) is 1.85. The summed E-state index contributed by atoms with van der Waals surface area (Å²) in [6, 6.07) is 0. The number of nitrogens with one attached hydrogen (secondary N) is 1. The van der Waals surface area contributed by atoms with Gasteiger partial charge >= 0.3 is 0 Å². The van der Waals surface area contributed by atoms with Crippen molar-refractivity contribution >= 4 is 17.7 Å². The van der Waals surface area contributed by atoms with E-state index in [4.69, 9.17) is 0 Å². The molecule has 0 saturated carbocycles. The van der Waals surface area contributed by atoms with Gasteiger partial charge in [0.15, 0.2) is 0 Å². The van der Waals surface area contributed by atoms with E-state index in [0.717, 1.165) is 5.01 Å². The zero-order chi connectivity index (χ0) is 9.84. The number of carbonyl (C=O) groups is 3. The van der Waals surface area contributed by atoms with Crippen LogP contribution in [0.1, 0.15) is 32.6 Å². The molecule has 3 amide bonds. The molecule has 0 bridgehead atoms. The second-order valence-corrected chi connectivity index (χ2v) is 2.91. The number of nitrogens with zero attached hydrogens (tertiary/aromatic N) is 1. The summed E-state index contributed by atoms with van der Waals surface area (Å²) < 4.78 is 0. The minimum atomic E-state index is -0.325. The fourth-order valence-corrected chi connectivity index (χ4v) is 1.11. The molecule has 5 nitrogen and oxygen atoms in total. The predicted octanol–water partition coefficient (Wildman–Crippen LogP) is -0.0333. The van der Waals surface area contributed by atoms with E-state index in [1.807, 2.05) is 6.92 Å². The van der Waals surface area contributed by atoms with Crippen molar-refractivity contribution in [2.24, 2.45) is 0 Å². The average Bonchev–Trinajstić information content (AvgIpc) is 2.36. The lowest BCUT2D eigenvalue weighted by Gasteiger charge is -2.14. The van der Waals surface area contributed by atoms with Crippen molar-refractivity contribution in [3.63, 3.8) is 0 Å². The third-order valence-electron chi connectivity index (χ3n) is 1.77. The van der Waals surface area contributed by atoms with Crippen LogP contribution in [0.3, 0.4) is 0 Å². The number of carbonyl (C=O) groups excluding carboxylic acids is 3. The minimum absolute atomic E-state index is 0.200. The lowest BCUT2D eigenvalue weighted by molar-refractivity contribution is -0.147. The normalized spacial score (nSPS) is 16.5. The molecule has 1 N–H and O–H groups in total. The van der Waals surface area contributed by atoms with Gasteiger partial charge in [-0.2, -0.15) is 5.01 Å². The Hall–Kier alpha value is -1.39. The van der Waals surface area contributed by atoms with Crippen LogP contribution >= 0.6 is 0 Å². The molecule has 0 radical (unpaired) electrons. The summed E-state index contributed by atoms with van der Waals surface area (Å²) in [4.78, 5) is 33.1. The second-order valence-electron chi connectivity index (χ2n) is 2.91. The fraction of sp³-hybridized carbons (Fsp3) is 0.625. The van der Waals surface area contributed by atoms with Crippen LogP contribution < -0.4 is 5.43 Å². The van der Waals surface area contributed by atoms with Crippen molar-refractivity contribution < 1.29 is 14.4 Å². The standard InChI is InChI=1S/C8H12N2O3/c1-2-3-6(11)9-10-7(12)4-5-8(10)13/h2-5H2,1H3,(H,9,11). The summed E-state index contributed by atoms with van der Waals surface area (Å²) in [5.74, 6) is -0.935. The Balaban J connectivity index is 2.48. The molecule has 0 unspecified atom stereocenters. The van der Waals surface area contributed by atoms with Crippen LogP contribution in [-0.2, 0) is 14.4 Å². The first-order valence-electron chi connectivity index (χ1n) is 4.30. The topological polar surface area (TPSA) is 66.5 Å². The number of imide groups is 1. The van der Waals surface area contributed by atoms with Crippen LogP contribution in [0.15, 0.2) is 0 Å². The molecule has 0 atom stereocenters. The van der Waals surface area contributed by atoms with Crippen LogP contribution in [0.5, 0.6) is 0 Å². The van der Waals surface area contributed by atoms with E-state index in [1.165, 1.54) is 0 Å². The van der Waals surface area contributed by atoms with Gasteiger partial charge in [0.25, 0.3) is 0 Å². The fourth-order valence-electron chi connectivity index (χ4n) is 1.11. The molecule has 1 aliphatic heterocycles. The lowest BCUT2D eigenvalue weighted by Crippen LogP contribution is -2.45. The highest BCUT2D eigenvalue weighted by Crippen LogP contribution is 2.08. The van der Waals surface area contributed by atoms with Gasteiger partial charge in [-0.1, -0.05) is 6.92 Å². The van der Waals surface area contributed by atoms with Crippen molar-refractivity contribution in [3.8, 4) is 0 Å². The van der Waals surface area contributed by atoms with Gasteiger partial charge in [0, 0.05) is 19.3 Å². The van der Waals surface area contributed by atoms with Crippen molar-refractivity contribution in [1.82, 2.24) is 10.4 Å². The molecule has 0 aliphatic carbocycles. The molecule has 13 heavy (non-hydrogen) atoms. The molecule has 1 heterocycles. The van der Waals surface area contributed by atoms with E-state index in [-0.39, 0.29) is 30.6 Å². The van der Waals surface area contributed by atoms with Crippen LogP contribution in [0.4, 0.5) is 0 Å². The first kappa shape index (κ1) is 9.70. The van der Waals surface area contributed by atoms with Crippen LogP contribution in [0.25, 0.3) is 0 Å². The van der Waals surface area contributed by atoms with Crippen LogP contribution in [0.2, 0.25) is 0 Å². The molecule has 5 heteroatoms. The number of hydrogen-bond donors (Lipinski definition) is 1. The smallest absolute Gasteiger partial charge is 0.248 e. The molecule has 1 rings (SSSR count). The Morgan fingerprint density at radius 1 is 1.38 bits per heavy atom. The molecule has 1 aliphatic rings. The Morgan fingerprint density at radius 3 is 2.38 bits per heavy atom. The summed E-state index contributed by atoms with van der Waals surface area (Å²) >= 11 is 0. The van der Waals surface area contributed by atoms with Gasteiger partial charge in [-0.15, -0.1) is 0 Å². The van der Waals surface area contributed by atoms with Crippen LogP contribution in [0, 0.1) is 0 Å². The maximum absolute atomic E-state index is 11.0. The summed E-state index contributed by atoms with van der Waals surface area (Å²) in [7, 11) is 0. The first-order valence-corrected chi connectivity index (χ1v) is 4.30. The van der Waals surface area contributed by atoms with Gasteiger partial charge in [-0.05, 0) is 6.42 Å². The van der Waals surface area contributed by atoms with Crippen molar-refractivity contribution in [2.75, 3.05) is 0 Å². The molecule has 0 spiro atoms. The average molecular weight is 184 g/mol. The maximum Gasteiger partial charge on any atom is 0.248 e. The maximum atomic E-state index is 11.0. The zero-order valence-corrected chi connectivity index (χ0v) is 7.50. The molecule has 72 valence electrons. The molecule has 0 aromatic rings. The van der Waals surface area contributed by atoms with E-state index in [2.05, 4.69) is 5.43 Å². The van der Waals surface area contributed by atoms with Gasteiger partial charge in [0.05, 0.1) is 0 Å². The summed E-state index contributed by atoms with van der Waals surface area (Å²) in [5, 5.41) is 0.817. The highest BCUT2D eigenvalue weighted by molar-refractivity contribution is 6.03. The van der Waals surface area contributed by atoms with E-state index < -0.39 is 0 Å². The Labute approximate surface area is 76.1 Å². The number of rotatable bonds is 3. The van der Waals surface area contributed by atoms with Crippen molar-refractivity contribution in [2.45, 2.75) is 32.6 Å². The highest BCUT2D eigenvalue weighted by atomic mass is 16.2. The van der Waals surface area contributed by atoms with E-state index in [1.54, 1.807) is 0 Å². The van der Waals surface area contributed by atoms with Gasteiger partial charge in [-0.25, -0.2) is 0 Å². The van der Waals surface area contributed by atoms with E-state index >= 15 is 0 Å². The second kappa shape index (κ2) is 4.02. The third-order valence-corrected chi connectivity index (χ3v) is 1.77. The van der Waals surface area contributed by atoms with E-state index in [9.17, 15) is 14.4 Å². The summed E-state index contributed by atoms with van der Waals surface area (Å²) in [5.41, 5.74) is 2.27. The van der Waals surface area contributed by atoms with Gasteiger partial charge < -0.3 is 0 Å². The largest absolute Gasteiger partial charge is 0.273 e. The van der Waals surface area contributed by atoms with E-state index in [0.29, 0.717) is 12.8 Å². The number of hydrazine groups is 1. The zero-order valence-electron chi connectivity index (χ0n) is 7.50. The molecule has 1 saturated heterocycles. The van der Waals surface area contributed by atoms with Crippen molar-refractivity contribution in [1.29, 1.82) is 0 Å². The van der Waals surface area contributed by atoms with Crippen LogP contribution in [-0.4, -0.2) is 22.7 Å². The highest BCUT2D eigenvalue weighted by Gasteiger charge is 2.30. The quantitative estimate of drug-likeness (QED) is 0.626. The molecule has 0 aromatic heterocycles. The van der Waals surface area contributed by atoms with Crippen molar-refractivity contribution in [3.05, 3.63) is 0 Å².